The van der Waals surface area contributed by atoms with Gasteiger partial charge >= 0.3 is 0 Å². The molecule has 0 spiro atoms. The fourth-order valence-electron chi connectivity index (χ4n) is 3.05. The van der Waals surface area contributed by atoms with E-state index in [0.29, 0.717) is 0 Å². The highest BCUT2D eigenvalue weighted by Crippen LogP contribution is 2.35. The van der Waals surface area contributed by atoms with Gasteiger partial charge in [0, 0.05) is 17.5 Å². The minimum absolute atomic E-state index is 0.936. The fourth-order valence-corrected chi connectivity index (χ4v) is 4.56. The number of hydrogen-bond donors (Lipinski definition) is 1. The molecule has 1 N–H and O–H groups in total. The van der Waals surface area contributed by atoms with Gasteiger partial charge in [0.25, 0.3) is 0 Å². The van der Waals surface area contributed by atoms with E-state index in [9.17, 15) is 0 Å². The van der Waals surface area contributed by atoms with Gasteiger partial charge in [-0.1, -0.05) is 39.0 Å². The summed E-state index contributed by atoms with van der Waals surface area (Å²) in [4.78, 5) is 0. The van der Waals surface area contributed by atoms with Crippen molar-refractivity contribution in [1.29, 1.82) is 0 Å². The minimum Gasteiger partial charge on any atom is -0.316 e. The average Bonchev–Trinajstić information content (AvgIpc) is 2.43. The van der Waals surface area contributed by atoms with Crippen molar-refractivity contribution in [3.63, 3.8) is 0 Å². The third-order valence-corrected chi connectivity index (χ3v) is 5.55. The van der Waals surface area contributed by atoms with Crippen molar-refractivity contribution < 1.29 is 0 Å². The molecule has 1 aliphatic carbocycles. The largest absolute Gasteiger partial charge is 0.316 e. The number of nitrogens with one attached hydrogen (secondary N) is 1. The van der Waals surface area contributed by atoms with Crippen molar-refractivity contribution in [3.8, 4) is 0 Å². The maximum atomic E-state index is 3.62. The highest BCUT2D eigenvalue weighted by atomic mass is 32.2. The molecule has 0 radical (unpaired) electrons. The molecule has 0 aromatic rings. The first kappa shape index (κ1) is 11.8. The van der Waals surface area contributed by atoms with E-state index in [2.05, 4.69) is 24.0 Å². The second-order valence-electron chi connectivity index (χ2n) is 5.25. The summed E-state index contributed by atoms with van der Waals surface area (Å²) in [7, 11) is 0. The molecule has 0 bridgehead atoms. The Kier molecular flexibility index (Phi) is 4.83. The average molecular weight is 227 g/mol. The zero-order chi connectivity index (χ0) is 10.5. The molecule has 1 saturated heterocycles. The van der Waals surface area contributed by atoms with Crippen LogP contribution in [0.1, 0.15) is 45.4 Å². The molecule has 2 aliphatic rings. The maximum Gasteiger partial charge on any atom is 0.00904 e. The number of thioether (sulfide) groups is 1. The van der Waals surface area contributed by atoms with Crippen LogP contribution in [0.5, 0.6) is 0 Å². The SMILES string of the molecule is CC1CCCCCCC2SCCNCC12. The Morgan fingerprint density at radius 1 is 1.07 bits per heavy atom. The van der Waals surface area contributed by atoms with E-state index in [0.717, 1.165) is 17.1 Å². The minimum atomic E-state index is 0.936. The first-order valence-corrected chi connectivity index (χ1v) is 7.75. The predicted molar refractivity (Wildman–Crippen MR) is 69.5 cm³/mol. The molecule has 0 amide bonds. The van der Waals surface area contributed by atoms with Crippen molar-refractivity contribution in [3.05, 3.63) is 0 Å². The van der Waals surface area contributed by atoms with Crippen LogP contribution in [0.2, 0.25) is 0 Å². The molecule has 3 atom stereocenters. The Balaban J connectivity index is 2.00. The third kappa shape index (κ3) is 3.39. The molecular formula is C13H25NS. The van der Waals surface area contributed by atoms with E-state index in [1.165, 1.54) is 57.4 Å². The van der Waals surface area contributed by atoms with Gasteiger partial charge in [0.05, 0.1) is 0 Å². The summed E-state index contributed by atoms with van der Waals surface area (Å²) in [5.41, 5.74) is 0. The molecule has 0 aromatic heterocycles. The van der Waals surface area contributed by atoms with Crippen LogP contribution >= 0.6 is 11.8 Å². The maximum absolute atomic E-state index is 3.62. The van der Waals surface area contributed by atoms with Gasteiger partial charge in [-0.15, -0.1) is 0 Å². The quantitative estimate of drug-likeness (QED) is 0.681. The summed E-state index contributed by atoms with van der Waals surface area (Å²) in [5, 5.41) is 4.58. The predicted octanol–water partition coefficient (Wildman–Crippen LogP) is 3.30. The highest BCUT2D eigenvalue weighted by Gasteiger charge is 2.28. The molecule has 3 unspecified atom stereocenters. The Morgan fingerprint density at radius 2 is 1.87 bits per heavy atom. The lowest BCUT2D eigenvalue weighted by molar-refractivity contribution is 0.314. The first-order valence-electron chi connectivity index (χ1n) is 6.70. The number of hydrogen-bond acceptors (Lipinski definition) is 2. The molecule has 1 saturated carbocycles. The second kappa shape index (κ2) is 6.15. The van der Waals surface area contributed by atoms with E-state index in [-0.39, 0.29) is 0 Å². The molecule has 2 heteroatoms. The lowest BCUT2D eigenvalue weighted by Crippen LogP contribution is -2.31. The second-order valence-corrected chi connectivity index (χ2v) is 6.59. The van der Waals surface area contributed by atoms with Gasteiger partial charge in [0.1, 0.15) is 0 Å². The zero-order valence-corrected chi connectivity index (χ0v) is 10.8. The molecule has 2 fully saturated rings. The molecule has 88 valence electrons. The van der Waals surface area contributed by atoms with E-state index >= 15 is 0 Å². The number of fused-ring (bicyclic) bond motifs is 1. The summed E-state index contributed by atoms with van der Waals surface area (Å²) in [6.07, 6.45) is 8.83. The molecule has 15 heavy (non-hydrogen) atoms. The van der Waals surface area contributed by atoms with Crippen LogP contribution in [-0.2, 0) is 0 Å². The van der Waals surface area contributed by atoms with Crippen LogP contribution in [0, 0.1) is 11.8 Å². The van der Waals surface area contributed by atoms with Gasteiger partial charge in [-0.25, -0.2) is 0 Å². The molecule has 1 heterocycles. The van der Waals surface area contributed by atoms with Crippen LogP contribution in [0.3, 0.4) is 0 Å². The van der Waals surface area contributed by atoms with Crippen LogP contribution in [0.15, 0.2) is 0 Å². The Hall–Kier alpha value is 0.310. The zero-order valence-electron chi connectivity index (χ0n) is 10.0. The first-order chi connectivity index (χ1) is 7.38. The van der Waals surface area contributed by atoms with Gasteiger partial charge in [-0.3, -0.25) is 0 Å². The van der Waals surface area contributed by atoms with Crippen LogP contribution < -0.4 is 5.32 Å². The topological polar surface area (TPSA) is 12.0 Å². The van der Waals surface area contributed by atoms with Gasteiger partial charge in [0.2, 0.25) is 0 Å². The van der Waals surface area contributed by atoms with Crippen molar-refractivity contribution in [2.45, 2.75) is 50.7 Å². The van der Waals surface area contributed by atoms with Crippen LogP contribution in [-0.4, -0.2) is 24.1 Å². The smallest absolute Gasteiger partial charge is 0.00904 e. The van der Waals surface area contributed by atoms with Crippen molar-refractivity contribution >= 4 is 11.8 Å². The van der Waals surface area contributed by atoms with Gasteiger partial charge in [0.15, 0.2) is 0 Å². The Morgan fingerprint density at radius 3 is 2.73 bits per heavy atom. The van der Waals surface area contributed by atoms with E-state index in [4.69, 9.17) is 0 Å². The molecule has 1 nitrogen and oxygen atoms in total. The monoisotopic (exact) mass is 227 g/mol. The van der Waals surface area contributed by atoms with E-state index in [1.54, 1.807) is 0 Å². The highest BCUT2D eigenvalue weighted by molar-refractivity contribution is 7.99. The standard InChI is InChI=1S/C13H25NS/c1-11-6-4-2-3-5-7-13-12(11)10-14-8-9-15-13/h11-14H,2-10H2,1H3. The van der Waals surface area contributed by atoms with Crippen molar-refractivity contribution in [2.75, 3.05) is 18.8 Å². The lowest BCUT2D eigenvalue weighted by atomic mass is 9.86. The fraction of sp³-hybridized carbons (Fsp3) is 1.00. The van der Waals surface area contributed by atoms with E-state index in [1.807, 2.05) is 0 Å². The van der Waals surface area contributed by atoms with E-state index < -0.39 is 0 Å². The summed E-state index contributed by atoms with van der Waals surface area (Å²) < 4.78 is 0. The Labute approximate surface area is 98.8 Å². The third-order valence-electron chi connectivity index (χ3n) is 4.10. The van der Waals surface area contributed by atoms with Crippen LogP contribution in [0.4, 0.5) is 0 Å². The van der Waals surface area contributed by atoms with Gasteiger partial charge < -0.3 is 5.32 Å². The van der Waals surface area contributed by atoms with Gasteiger partial charge in [-0.05, 0) is 24.8 Å². The lowest BCUT2D eigenvalue weighted by Gasteiger charge is -2.29. The van der Waals surface area contributed by atoms with Crippen LogP contribution in [0.25, 0.3) is 0 Å². The van der Waals surface area contributed by atoms with Crippen molar-refractivity contribution in [2.24, 2.45) is 11.8 Å². The number of rotatable bonds is 0. The molecule has 2 rings (SSSR count). The molecule has 1 aliphatic heterocycles. The van der Waals surface area contributed by atoms with Gasteiger partial charge in [-0.2, -0.15) is 11.8 Å². The van der Waals surface area contributed by atoms with Crippen molar-refractivity contribution in [1.82, 2.24) is 5.32 Å². The normalized spacial score (nSPS) is 39.4. The molecule has 0 aromatic carbocycles. The summed E-state index contributed by atoms with van der Waals surface area (Å²) in [5.74, 6) is 3.20. The summed E-state index contributed by atoms with van der Waals surface area (Å²) in [6, 6.07) is 0. The summed E-state index contributed by atoms with van der Waals surface area (Å²) >= 11 is 2.24. The molecular weight excluding hydrogens is 202 g/mol. The summed E-state index contributed by atoms with van der Waals surface area (Å²) in [6.45, 7) is 4.99. The Bertz CT molecular complexity index is 183.